The summed E-state index contributed by atoms with van der Waals surface area (Å²) in [6.45, 7) is 4.10. The minimum atomic E-state index is -0.593. The molecule has 1 N–H and O–H groups in total. The summed E-state index contributed by atoms with van der Waals surface area (Å²) < 4.78 is 5.39. The average Bonchev–Trinajstić information content (AvgIpc) is 2.48. The third kappa shape index (κ3) is 3.27. The lowest BCUT2D eigenvalue weighted by Gasteiger charge is -2.25. The molecular formula is C18H22O2. The second kappa shape index (κ2) is 6.69. The molecule has 0 fully saturated rings. The molecule has 0 aromatic heterocycles. The van der Waals surface area contributed by atoms with Gasteiger partial charge in [-0.15, -0.1) is 0 Å². The van der Waals surface area contributed by atoms with Gasteiger partial charge in [0, 0.05) is 7.11 Å². The zero-order valence-corrected chi connectivity index (χ0v) is 12.3. The lowest BCUT2D eigenvalue weighted by atomic mass is 9.94. The van der Waals surface area contributed by atoms with Crippen LogP contribution in [0.15, 0.2) is 54.6 Å². The van der Waals surface area contributed by atoms with Crippen LogP contribution in [0.25, 0.3) is 11.1 Å². The van der Waals surface area contributed by atoms with Gasteiger partial charge in [0.05, 0.1) is 6.10 Å². The third-order valence-electron chi connectivity index (χ3n) is 3.60. The molecule has 0 bridgehead atoms. The summed E-state index contributed by atoms with van der Waals surface area (Å²) in [5.74, 6) is 0.267. The quantitative estimate of drug-likeness (QED) is 0.888. The normalized spacial score (nSPS) is 14.2. The van der Waals surface area contributed by atoms with Crippen LogP contribution in [0, 0.1) is 5.92 Å². The van der Waals surface area contributed by atoms with Crippen molar-refractivity contribution in [1.29, 1.82) is 0 Å². The van der Waals surface area contributed by atoms with Gasteiger partial charge < -0.3 is 9.84 Å². The second-order valence-corrected chi connectivity index (χ2v) is 5.38. The molecule has 2 unspecified atom stereocenters. The largest absolute Gasteiger partial charge is 0.386 e. The van der Waals surface area contributed by atoms with Gasteiger partial charge >= 0.3 is 0 Å². The Kier molecular flexibility index (Phi) is 4.94. The molecule has 20 heavy (non-hydrogen) atoms. The van der Waals surface area contributed by atoms with Crippen molar-refractivity contribution in [2.75, 3.05) is 7.11 Å². The number of aliphatic hydroxyl groups is 1. The number of methoxy groups -OCH3 is 1. The predicted octanol–water partition coefficient (Wildman–Crippen LogP) is 4.06. The highest BCUT2D eigenvalue weighted by Crippen LogP contribution is 2.26. The number of hydrogen-bond donors (Lipinski definition) is 1. The second-order valence-electron chi connectivity index (χ2n) is 5.38. The summed E-state index contributed by atoms with van der Waals surface area (Å²) in [4.78, 5) is 0. The van der Waals surface area contributed by atoms with Crippen LogP contribution in [0.1, 0.15) is 25.5 Å². The van der Waals surface area contributed by atoms with Crippen molar-refractivity contribution in [1.82, 2.24) is 0 Å². The fourth-order valence-corrected chi connectivity index (χ4v) is 2.46. The Morgan fingerprint density at radius 1 is 0.850 bits per heavy atom. The number of rotatable bonds is 5. The van der Waals surface area contributed by atoms with Gasteiger partial charge in [0.2, 0.25) is 0 Å². The lowest BCUT2D eigenvalue weighted by molar-refractivity contribution is -0.0390. The maximum atomic E-state index is 10.4. The van der Waals surface area contributed by atoms with E-state index in [2.05, 4.69) is 26.0 Å². The fourth-order valence-electron chi connectivity index (χ4n) is 2.46. The number of benzene rings is 2. The Bertz CT molecular complexity index is 517. The Hall–Kier alpha value is -1.64. The lowest BCUT2D eigenvalue weighted by Crippen LogP contribution is -2.26. The van der Waals surface area contributed by atoms with Gasteiger partial charge in [-0.2, -0.15) is 0 Å². The number of ether oxygens (including phenoxy) is 1. The highest BCUT2D eigenvalue weighted by molar-refractivity contribution is 5.63. The first kappa shape index (κ1) is 14.8. The van der Waals surface area contributed by atoms with Crippen LogP contribution < -0.4 is 0 Å². The Morgan fingerprint density at radius 2 is 1.40 bits per heavy atom. The predicted molar refractivity (Wildman–Crippen MR) is 82.5 cm³/mol. The molecule has 2 rings (SSSR count). The van der Waals surface area contributed by atoms with E-state index < -0.39 is 6.10 Å². The molecule has 106 valence electrons. The molecule has 0 aliphatic carbocycles. The minimum absolute atomic E-state index is 0.183. The van der Waals surface area contributed by atoms with Crippen LogP contribution in [0.2, 0.25) is 0 Å². The molecule has 0 spiro atoms. The van der Waals surface area contributed by atoms with Gasteiger partial charge in [-0.1, -0.05) is 68.4 Å². The number of aliphatic hydroxyl groups excluding tert-OH is 1. The number of hydrogen-bond acceptors (Lipinski definition) is 2. The van der Waals surface area contributed by atoms with Crippen molar-refractivity contribution >= 4 is 0 Å². The SMILES string of the molecule is COC(C(C)C)C(O)c1ccc(-c2ccccc2)cc1. The van der Waals surface area contributed by atoms with Gasteiger partial charge in [0.15, 0.2) is 0 Å². The Labute approximate surface area is 121 Å². The molecule has 2 aromatic carbocycles. The Morgan fingerprint density at radius 3 is 1.90 bits per heavy atom. The summed E-state index contributed by atoms with van der Waals surface area (Å²) in [6, 6.07) is 18.3. The van der Waals surface area contributed by atoms with Crippen molar-refractivity contribution in [3.05, 3.63) is 60.2 Å². The van der Waals surface area contributed by atoms with Gasteiger partial charge in [-0.05, 0) is 22.6 Å². The minimum Gasteiger partial charge on any atom is -0.386 e. The first-order valence-corrected chi connectivity index (χ1v) is 6.99. The molecule has 0 aliphatic rings. The molecule has 2 aromatic rings. The summed E-state index contributed by atoms with van der Waals surface area (Å²) in [5, 5.41) is 10.4. The van der Waals surface area contributed by atoms with Gasteiger partial charge in [-0.25, -0.2) is 0 Å². The molecule has 0 saturated heterocycles. The molecular weight excluding hydrogens is 248 g/mol. The highest BCUT2D eigenvalue weighted by atomic mass is 16.5. The zero-order valence-electron chi connectivity index (χ0n) is 12.3. The van der Waals surface area contributed by atoms with E-state index >= 15 is 0 Å². The van der Waals surface area contributed by atoms with E-state index in [1.807, 2.05) is 42.5 Å². The van der Waals surface area contributed by atoms with E-state index in [1.54, 1.807) is 7.11 Å². The van der Waals surface area contributed by atoms with Crippen molar-refractivity contribution in [3.63, 3.8) is 0 Å². The molecule has 0 amide bonds. The summed E-state index contributed by atoms with van der Waals surface area (Å²) in [6.07, 6.45) is -0.776. The maximum absolute atomic E-state index is 10.4. The molecule has 2 heteroatoms. The molecule has 0 aliphatic heterocycles. The molecule has 2 atom stereocenters. The van der Waals surface area contributed by atoms with E-state index in [0.717, 1.165) is 11.1 Å². The van der Waals surface area contributed by atoms with Gasteiger partial charge in [0.1, 0.15) is 6.10 Å². The van der Waals surface area contributed by atoms with Crippen LogP contribution in [-0.2, 0) is 4.74 Å². The van der Waals surface area contributed by atoms with Crippen molar-refractivity contribution in [2.24, 2.45) is 5.92 Å². The third-order valence-corrected chi connectivity index (χ3v) is 3.60. The highest BCUT2D eigenvalue weighted by Gasteiger charge is 2.23. The van der Waals surface area contributed by atoms with Gasteiger partial charge in [-0.3, -0.25) is 0 Å². The van der Waals surface area contributed by atoms with Crippen LogP contribution in [0.4, 0.5) is 0 Å². The molecule has 0 heterocycles. The summed E-state index contributed by atoms with van der Waals surface area (Å²) in [7, 11) is 1.65. The van der Waals surface area contributed by atoms with Gasteiger partial charge in [0.25, 0.3) is 0 Å². The first-order valence-electron chi connectivity index (χ1n) is 6.99. The molecule has 0 radical (unpaired) electrons. The summed E-state index contributed by atoms with van der Waals surface area (Å²) in [5.41, 5.74) is 3.23. The smallest absolute Gasteiger partial charge is 0.105 e. The van der Waals surface area contributed by atoms with E-state index in [4.69, 9.17) is 4.74 Å². The van der Waals surface area contributed by atoms with Crippen LogP contribution in [0.5, 0.6) is 0 Å². The van der Waals surface area contributed by atoms with E-state index in [0.29, 0.717) is 0 Å². The van der Waals surface area contributed by atoms with E-state index in [-0.39, 0.29) is 12.0 Å². The van der Waals surface area contributed by atoms with Crippen molar-refractivity contribution in [2.45, 2.75) is 26.1 Å². The fraction of sp³-hybridized carbons (Fsp3) is 0.333. The Balaban J connectivity index is 2.20. The average molecular weight is 270 g/mol. The summed E-state index contributed by atoms with van der Waals surface area (Å²) >= 11 is 0. The zero-order chi connectivity index (χ0) is 14.5. The monoisotopic (exact) mass is 270 g/mol. The molecule has 2 nitrogen and oxygen atoms in total. The molecule has 0 saturated carbocycles. The van der Waals surface area contributed by atoms with Crippen molar-refractivity contribution < 1.29 is 9.84 Å². The van der Waals surface area contributed by atoms with Crippen LogP contribution >= 0.6 is 0 Å². The maximum Gasteiger partial charge on any atom is 0.105 e. The van der Waals surface area contributed by atoms with E-state index in [1.165, 1.54) is 5.56 Å². The topological polar surface area (TPSA) is 29.5 Å². The van der Waals surface area contributed by atoms with Crippen LogP contribution in [0.3, 0.4) is 0 Å². The first-order chi connectivity index (χ1) is 9.63. The standard InChI is InChI=1S/C18H22O2/c1-13(2)18(20-3)17(19)16-11-9-15(10-12-16)14-7-5-4-6-8-14/h4-13,17-19H,1-3H3. The van der Waals surface area contributed by atoms with Crippen molar-refractivity contribution in [3.8, 4) is 11.1 Å². The van der Waals surface area contributed by atoms with Crippen LogP contribution in [-0.4, -0.2) is 18.3 Å². The van der Waals surface area contributed by atoms with E-state index in [9.17, 15) is 5.11 Å².